The molecule has 1 aliphatic heterocycles. The molecule has 0 unspecified atom stereocenters. The van der Waals surface area contributed by atoms with Crippen LogP contribution in [-0.4, -0.2) is 36.5 Å². The number of para-hydroxylation sites is 2. The van der Waals surface area contributed by atoms with Crippen molar-refractivity contribution in [3.8, 4) is 11.5 Å². The molecule has 32 heavy (non-hydrogen) atoms. The van der Waals surface area contributed by atoms with Crippen molar-refractivity contribution in [1.82, 2.24) is 4.90 Å². The highest BCUT2D eigenvalue weighted by atomic mass is 16.5. The summed E-state index contributed by atoms with van der Waals surface area (Å²) < 4.78 is 11.2. The second-order valence-electron chi connectivity index (χ2n) is 8.00. The van der Waals surface area contributed by atoms with Gasteiger partial charge in [0, 0.05) is 13.1 Å². The van der Waals surface area contributed by atoms with Crippen LogP contribution < -0.4 is 4.74 Å². The largest absolute Gasteiger partial charge is 0.456 e. The molecule has 0 spiro atoms. The molecule has 3 aromatic carbocycles. The molecule has 164 valence electrons. The summed E-state index contributed by atoms with van der Waals surface area (Å²) in [7, 11) is 0. The Balaban J connectivity index is 1.27. The van der Waals surface area contributed by atoms with Crippen molar-refractivity contribution in [2.24, 2.45) is 5.92 Å². The number of hydrogen-bond acceptors (Lipinski definition) is 4. The molecule has 0 aliphatic carbocycles. The van der Waals surface area contributed by atoms with Crippen molar-refractivity contribution in [3.63, 3.8) is 0 Å². The molecule has 5 nitrogen and oxygen atoms in total. The molecule has 1 amide bonds. The predicted octanol–water partition coefficient (Wildman–Crippen LogP) is 5.12. The third kappa shape index (κ3) is 5.76. The van der Waals surface area contributed by atoms with Crippen molar-refractivity contribution in [3.05, 3.63) is 96.1 Å². The lowest BCUT2D eigenvalue weighted by atomic mass is 9.90. The summed E-state index contributed by atoms with van der Waals surface area (Å²) in [5.41, 5.74) is 1.63. The van der Waals surface area contributed by atoms with E-state index in [9.17, 15) is 9.59 Å². The van der Waals surface area contributed by atoms with Crippen LogP contribution in [0.25, 0.3) is 0 Å². The van der Waals surface area contributed by atoms with Crippen LogP contribution in [0.2, 0.25) is 0 Å². The summed E-state index contributed by atoms with van der Waals surface area (Å²) in [6.45, 7) is 1.13. The normalized spacial score (nSPS) is 14.1. The molecule has 3 aromatic rings. The Labute approximate surface area is 188 Å². The summed E-state index contributed by atoms with van der Waals surface area (Å²) in [6.07, 6.45) is 2.96. The minimum atomic E-state index is -0.566. The third-order valence-electron chi connectivity index (χ3n) is 5.74. The predicted molar refractivity (Wildman–Crippen MR) is 123 cm³/mol. The molecular formula is C27H27NO4. The van der Waals surface area contributed by atoms with Crippen LogP contribution in [-0.2, 0) is 16.0 Å². The number of piperidine rings is 1. The van der Waals surface area contributed by atoms with Gasteiger partial charge in [-0.3, -0.25) is 4.79 Å². The molecule has 1 fully saturated rings. The summed E-state index contributed by atoms with van der Waals surface area (Å²) in [5.74, 6) is 0.882. The number of ether oxygens (including phenoxy) is 2. The van der Waals surface area contributed by atoms with Gasteiger partial charge in [-0.25, -0.2) is 4.79 Å². The van der Waals surface area contributed by atoms with Gasteiger partial charge in [0.15, 0.2) is 6.61 Å². The van der Waals surface area contributed by atoms with E-state index in [2.05, 4.69) is 24.3 Å². The Morgan fingerprint density at radius 3 is 2.16 bits per heavy atom. The molecule has 0 radical (unpaired) electrons. The van der Waals surface area contributed by atoms with Crippen molar-refractivity contribution >= 4 is 11.9 Å². The van der Waals surface area contributed by atoms with Crippen molar-refractivity contribution in [1.29, 1.82) is 0 Å². The lowest BCUT2D eigenvalue weighted by molar-refractivity contribution is -0.135. The zero-order valence-electron chi connectivity index (χ0n) is 18.0. The molecule has 1 saturated heterocycles. The lowest BCUT2D eigenvalue weighted by Gasteiger charge is -2.32. The zero-order chi connectivity index (χ0) is 22.2. The molecule has 0 saturated carbocycles. The van der Waals surface area contributed by atoms with Gasteiger partial charge in [-0.05, 0) is 55.0 Å². The molecule has 0 bridgehead atoms. The Bertz CT molecular complexity index is 1030. The van der Waals surface area contributed by atoms with Crippen LogP contribution in [0.3, 0.4) is 0 Å². The molecule has 0 atom stereocenters. The van der Waals surface area contributed by atoms with E-state index in [1.54, 1.807) is 29.2 Å². The van der Waals surface area contributed by atoms with E-state index in [0.717, 1.165) is 19.3 Å². The summed E-state index contributed by atoms with van der Waals surface area (Å²) in [6, 6.07) is 26.6. The molecule has 0 aromatic heterocycles. The Morgan fingerprint density at radius 2 is 1.44 bits per heavy atom. The lowest BCUT2D eigenvalue weighted by Crippen LogP contribution is -2.41. The first-order chi connectivity index (χ1) is 15.7. The first kappa shape index (κ1) is 21.6. The van der Waals surface area contributed by atoms with Crippen molar-refractivity contribution in [2.75, 3.05) is 19.7 Å². The molecule has 4 rings (SSSR count). The molecule has 1 aliphatic rings. The summed E-state index contributed by atoms with van der Waals surface area (Å²) in [5, 5.41) is 0. The topological polar surface area (TPSA) is 55.8 Å². The van der Waals surface area contributed by atoms with E-state index in [4.69, 9.17) is 9.47 Å². The van der Waals surface area contributed by atoms with E-state index in [0.29, 0.717) is 36.1 Å². The first-order valence-corrected chi connectivity index (χ1v) is 11.0. The van der Waals surface area contributed by atoms with Crippen LogP contribution >= 0.6 is 0 Å². The Morgan fingerprint density at radius 1 is 0.812 bits per heavy atom. The SMILES string of the molecule is O=C(OCC(=O)N1CCC(Cc2ccccc2)CC1)c1ccccc1Oc1ccccc1. The van der Waals surface area contributed by atoms with E-state index >= 15 is 0 Å². The standard InChI is InChI=1S/C27H27NO4/c29-26(28-17-15-22(16-18-28)19-21-9-3-1-4-10-21)20-31-27(30)24-13-7-8-14-25(24)32-23-11-5-2-6-12-23/h1-14,22H,15-20H2. The number of hydrogen-bond donors (Lipinski definition) is 0. The van der Waals surface area contributed by atoms with Gasteiger partial charge in [-0.15, -0.1) is 0 Å². The average Bonchev–Trinajstić information content (AvgIpc) is 2.84. The molecule has 1 heterocycles. The summed E-state index contributed by atoms with van der Waals surface area (Å²) in [4.78, 5) is 27.0. The van der Waals surface area contributed by atoms with Gasteiger partial charge in [0.1, 0.15) is 17.1 Å². The fourth-order valence-corrected chi connectivity index (χ4v) is 3.97. The van der Waals surface area contributed by atoms with E-state index < -0.39 is 5.97 Å². The number of carbonyl (C=O) groups is 2. The third-order valence-corrected chi connectivity index (χ3v) is 5.74. The highest BCUT2D eigenvalue weighted by Gasteiger charge is 2.24. The number of nitrogens with zero attached hydrogens (tertiary/aromatic N) is 1. The van der Waals surface area contributed by atoms with Gasteiger partial charge >= 0.3 is 5.97 Å². The highest BCUT2D eigenvalue weighted by Crippen LogP contribution is 2.26. The zero-order valence-corrected chi connectivity index (χ0v) is 18.0. The number of likely N-dealkylation sites (tertiary alicyclic amines) is 1. The minimum Gasteiger partial charge on any atom is -0.456 e. The minimum absolute atomic E-state index is 0.155. The van der Waals surface area contributed by atoms with Gasteiger partial charge in [0.25, 0.3) is 5.91 Å². The van der Waals surface area contributed by atoms with Crippen LogP contribution in [0.1, 0.15) is 28.8 Å². The van der Waals surface area contributed by atoms with Crippen molar-refractivity contribution in [2.45, 2.75) is 19.3 Å². The van der Waals surface area contributed by atoms with Gasteiger partial charge in [-0.1, -0.05) is 60.7 Å². The quantitative estimate of drug-likeness (QED) is 0.490. The summed E-state index contributed by atoms with van der Waals surface area (Å²) >= 11 is 0. The fraction of sp³-hybridized carbons (Fsp3) is 0.259. The Kier molecular flexibility index (Phi) is 7.18. The Hall–Kier alpha value is -3.60. The van der Waals surface area contributed by atoms with Crippen LogP contribution in [0.5, 0.6) is 11.5 Å². The second kappa shape index (κ2) is 10.6. The van der Waals surface area contributed by atoms with Gasteiger partial charge < -0.3 is 14.4 Å². The second-order valence-corrected chi connectivity index (χ2v) is 8.00. The fourth-order valence-electron chi connectivity index (χ4n) is 3.97. The van der Waals surface area contributed by atoms with E-state index in [1.165, 1.54) is 5.56 Å². The highest BCUT2D eigenvalue weighted by molar-refractivity contribution is 5.94. The number of amides is 1. The van der Waals surface area contributed by atoms with Crippen LogP contribution in [0.4, 0.5) is 0 Å². The average molecular weight is 430 g/mol. The van der Waals surface area contributed by atoms with Gasteiger partial charge in [-0.2, -0.15) is 0 Å². The van der Waals surface area contributed by atoms with Crippen molar-refractivity contribution < 1.29 is 19.1 Å². The van der Waals surface area contributed by atoms with Crippen LogP contribution in [0, 0.1) is 5.92 Å². The monoisotopic (exact) mass is 429 g/mol. The smallest absolute Gasteiger partial charge is 0.342 e. The molecular weight excluding hydrogens is 402 g/mol. The van der Waals surface area contributed by atoms with Gasteiger partial charge in [0.2, 0.25) is 0 Å². The first-order valence-electron chi connectivity index (χ1n) is 11.0. The molecule has 5 heteroatoms. The van der Waals surface area contributed by atoms with E-state index in [-0.39, 0.29) is 12.5 Å². The van der Waals surface area contributed by atoms with Gasteiger partial charge in [0.05, 0.1) is 0 Å². The maximum Gasteiger partial charge on any atom is 0.342 e. The van der Waals surface area contributed by atoms with E-state index in [1.807, 2.05) is 36.4 Å². The maximum absolute atomic E-state index is 12.6. The number of benzene rings is 3. The molecule has 0 N–H and O–H groups in total. The maximum atomic E-state index is 12.6. The number of rotatable bonds is 7. The number of esters is 1. The number of carbonyl (C=O) groups excluding carboxylic acids is 2. The van der Waals surface area contributed by atoms with Crippen LogP contribution in [0.15, 0.2) is 84.9 Å².